The molecule has 1 rings (SSSR count). The largest absolute Gasteiger partial charge is 0.330 e. The van der Waals surface area contributed by atoms with Gasteiger partial charge in [0.1, 0.15) is 5.41 Å². The molecule has 0 aromatic rings. The molecule has 1 aliphatic rings. The molecule has 1 saturated heterocycles. The van der Waals surface area contributed by atoms with E-state index in [1.807, 2.05) is 20.1 Å². The predicted octanol–water partition coefficient (Wildman–Crippen LogP) is 2.01. The van der Waals surface area contributed by atoms with Crippen molar-refractivity contribution in [3.05, 3.63) is 0 Å². The van der Waals surface area contributed by atoms with Crippen LogP contribution in [-0.2, 0) is 9.59 Å². The number of hydrogen-bond donors (Lipinski definition) is 1. The van der Waals surface area contributed by atoms with Crippen molar-refractivity contribution in [1.29, 1.82) is 0 Å². The fraction of sp³-hybridized carbons (Fsp3) is 0.769. The first-order valence-electron chi connectivity index (χ1n) is 6.46. The van der Waals surface area contributed by atoms with Crippen molar-refractivity contribution in [3.8, 4) is 0 Å². The molecule has 0 atom stereocenters. The molecular formula is C13H22N2O3S. The van der Waals surface area contributed by atoms with Gasteiger partial charge < -0.3 is 0 Å². The van der Waals surface area contributed by atoms with E-state index in [4.69, 9.17) is 0 Å². The molecule has 4 amide bonds. The van der Waals surface area contributed by atoms with Crippen LogP contribution in [0.3, 0.4) is 0 Å². The van der Waals surface area contributed by atoms with Gasteiger partial charge in [-0.25, -0.2) is 4.79 Å². The van der Waals surface area contributed by atoms with Crippen LogP contribution >= 0.6 is 11.8 Å². The lowest BCUT2D eigenvalue weighted by Crippen LogP contribution is -2.65. The van der Waals surface area contributed by atoms with Gasteiger partial charge in [0.15, 0.2) is 0 Å². The van der Waals surface area contributed by atoms with Gasteiger partial charge in [0.25, 0.3) is 0 Å². The average molecular weight is 286 g/mol. The number of nitrogens with zero attached hydrogens (tertiary/aromatic N) is 1. The number of hydrogen-bond acceptors (Lipinski definition) is 4. The molecule has 0 unspecified atom stereocenters. The Morgan fingerprint density at radius 3 is 2.16 bits per heavy atom. The first-order chi connectivity index (χ1) is 8.74. The highest BCUT2D eigenvalue weighted by Crippen LogP contribution is 2.34. The predicted molar refractivity (Wildman–Crippen MR) is 75.9 cm³/mol. The minimum Gasteiger partial charge on any atom is -0.277 e. The van der Waals surface area contributed by atoms with Crippen molar-refractivity contribution < 1.29 is 14.4 Å². The van der Waals surface area contributed by atoms with Gasteiger partial charge >= 0.3 is 6.03 Å². The molecule has 0 radical (unpaired) electrons. The van der Waals surface area contributed by atoms with Crippen LogP contribution in [0.15, 0.2) is 0 Å². The Morgan fingerprint density at radius 2 is 1.74 bits per heavy atom. The topological polar surface area (TPSA) is 66.5 Å². The third-order valence-electron chi connectivity index (χ3n) is 3.85. The molecule has 0 aliphatic carbocycles. The molecular weight excluding hydrogens is 264 g/mol. The number of nitrogens with one attached hydrogen (secondary N) is 1. The van der Waals surface area contributed by atoms with E-state index < -0.39 is 17.4 Å². The summed E-state index contributed by atoms with van der Waals surface area (Å²) in [7, 11) is 0. The minimum absolute atomic E-state index is 0.236. The number of thioether (sulfide) groups is 1. The van der Waals surface area contributed by atoms with Crippen LogP contribution in [0.1, 0.15) is 40.5 Å². The third-order valence-corrected chi connectivity index (χ3v) is 5.09. The first kappa shape index (κ1) is 16.0. The molecule has 0 aromatic carbocycles. The van der Waals surface area contributed by atoms with E-state index in [9.17, 15) is 14.4 Å². The number of rotatable bonds is 5. The van der Waals surface area contributed by atoms with E-state index in [-0.39, 0.29) is 10.7 Å². The monoisotopic (exact) mass is 286 g/mol. The van der Waals surface area contributed by atoms with Crippen LogP contribution < -0.4 is 5.32 Å². The van der Waals surface area contributed by atoms with E-state index in [0.29, 0.717) is 19.4 Å². The number of amides is 4. The van der Waals surface area contributed by atoms with Crippen molar-refractivity contribution >= 4 is 29.6 Å². The number of imide groups is 2. The van der Waals surface area contributed by atoms with E-state index in [1.165, 1.54) is 4.90 Å². The SMILES string of the molecule is CCC1(CC)C(=O)NC(=O)N(CC(C)(C)SC)C1=O. The summed E-state index contributed by atoms with van der Waals surface area (Å²) in [6.07, 6.45) is 2.74. The average Bonchev–Trinajstić information content (AvgIpc) is 2.36. The van der Waals surface area contributed by atoms with Gasteiger partial charge in [-0.15, -0.1) is 0 Å². The normalized spacial score (nSPS) is 19.6. The lowest BCUT2D eigenvalue weighted by atomic mass is 9.78. The number of carbonyl (C=O) groups excluding carboxylic acids is 3. The summed E-state index contributed by atoms with van der Waals surface area (Å²) < 4.78 is -0.236. The lowest BCUT2D eigenvalue weighted by molar-refractivity contribution is -0.152. The Kier molecular flexibility index (Phi) is 4.66. The molecule has 0 aromatic heterocycles. The molecule has 6 heteroatoms. The zero-order valence-electron chi connectivity index (χ0n) is 12.2. The van der Waals surface area contributed by atoms with E-state index in [0.717, 1.165) is 0 Å². The van der Waals surface area contributed by atoms with Gasteiger partial charge in [-0.1, -0.05) is 13.8 Å². The minimum atomic E-state index is -1.09. The van der Waals surface area contributed by atoms with E-state index in [2.05, 4.69) is 5.32 Å². The van der Waals surface area contributed by atoms with Gasteiger partial charge in [-0.05, 0) is 32.9 Å². The van der Waals surface area contributed by atoms with Crippen molar-refractivity contribution in [2.75, 3.05) is 12.8 Å². The van der Waals surface area contributed by atoms with Gasteiger partial charge in [0.2, 0.25) is 11.8 Å². The molecule has 108 valence electrons. The maximum absolute atomic E-state index is 12.6. The summed E-state index contributed by atoms with van der Waals surface area (Å²) in [6, 6.07) is -0.602. The number of carbonyl (C=O) groups is 3. The zero-order valence-corrected chi connectivity index (χ0v) is 13.0. The molecule has 1 aliphatic heterocycles. The van der Waals surface area contributed by atoms with E-state index >= 15 is 0 Å². The molecule has 1 N–H and O–H groups in total. The maximum Gasteiger partial charge on any atom is 0.330 e. The second kappa shape index (κ2) is 5.53. The highest BCUT2D eigenvalue weighted by atomic mass is 32.2. The fourth-order valence-electron chi connectivity index (χ4n) is 2.19. The molecule has 5 nitrogen and oxygen atoms in total. The summed E-state index contributed by atoms with van der Waals surface area (Å²) in [6.45, 7) is 7.83. The molecule has 1 heterocycles. The Labute approximate surface area is 118 Å². The van der Waals surface area contributed by atoms with Crippen LogP contribution in [0.25, 0.3) is 0 Å². The second-order valence-corrected chi connectivity index (χ2v) is 6.92. The molecule has 0 bridgehead atoms. The number of urea groups is 1. The second-order valence-electron chi connectivity index (χ2n) is 5.40. The molecule has 0 spiro atoms. The quantitative estimate of drug-likeness (QED) is 0.785. The summed E-state index contributed by atoms with van der Waals surface area (Å²) in [5.41, 5.74) is -1.09. The van der Waals surface area contributed by atoms with Crippen molar-refractivity contribution in [2.24, 2.45) is 5.41 Å². The lowest BCUT2D eigenvalue weighted by Gasteiger charge is -2.40. The third kappa shape index (κ3) is 2.78. The Hall–Kier alpha value is -1.04. The standard InChI is InChI=1S/C13H22N2O3S/c1-6-13(7-2)9(16)14-11(18)15(10(13)17)8-12(3,4)19-5/h6-8H2,1-5H3,(H,14,16,18). The highest BCUT2D eigenvalue weighted by Gasteiger charge is 2.52. The van der Waals surface area contributed by atoms with Gasteiger partial charge in [0.05, 0.1) is 0 Å². The van der Waals surface area contributed by atoms with Crippen LogP contribution in [0.4, 0.5) is 4.79 Å². The Bertz CT molecular complexity index is 403. The van der Waals surface area contributed by atoms with Gasteiger partial charge in [-0.2, -0.15) is 11.8 Å². The Balaban J connectivity index is 3.09. The van der Waals surface area contributed by atoms with Crippen LogP contribution in [0.2, 0.25) is 0 Å². The van der Waals surface area contributed by atoms with Gasteiger partial charge in [0, 0.05) is 11.3 Å². The van der Waals surface area contributed by atoms with E-state index in [1.54, 1.807) is 25.6 Å². The van der Waals surface area contributed by atoms with Gasteiger partial charge in [-0.3, -0.25) is 19.8 Å². The summed E-state index contributed by atoms with van der Waals surface area (Å²) >= 11 is 1.58. The van der Waals surface area contributed by atoms with Crippen LogP contribution in [-0.4, -0.2) is 40.3 Å². The Morgan fingerprint density at radius 1 is 1.21 bits per heavy atom. The van der Waals surface area contributed by atoms with Crippen molar-refractivity contribution in [3.63, 3.8) is 0 Å². The fourth-order valence-corrected chi connectivity index (χ4v) is 2.45. The molecule has 1 fully saturated rings. The van der Waals surface area contributed by atoms with Crippen molar-refractivity contribution in [1.82, 2.24) is 10.2 Å². The summed E-state index contributed by atoms with van der Waals surface area (Å²) in [4.78, 5) is 37.6. The molecule has 19 heavy (non-hydrogen) atoms. The molecule has 0 saturated carbocycles. The summed E-state index contributed by atoms with van der Waals surface area (Å²) in [5, 5.41) is 2.32. The zero-order chi connectivity index (χ0) is 14.8. The van der Waals surface area contributed by atoms with Crippen LogP contribution in [0.5, 0.6) is 0 Å². The van der Waals surface area contributed by atoms with Crippen LogP contribution in [0, 0.1) is 5.41 Å². The number of barbiturate groups is 1. The smallest absolute Gasteiger partial charge is 0.277 e. The highest BCUT2D eigenvalue weighted by molar-refractivity contribution is 7.99. The summed E-state index contributed by atoms with van der Waals surface area (Å²) in [5.74, 6) is -0.834. The maximum atomic E-state index is 12.6. The first-order valence-corrected chi connectivity index (χ1v) is 7.69. The van der Waals surface area contributed by atoms with Crippen molar-refractivity contribution in [2.45, 2.75) is 45.3 Å².